The molecular weight excluding hydrogens is 283 g/mol. The van der Waals surface area contributed by atoms with Crippen LogP contribution in [0.25, 0.3) is 0 Å². The van der Waals surface area contributed by atoms with Crippen molar-refractivity contribution < 1.29 is 13.9 Å². The molecule has 4 nitrogen and oxygen atoms in total. The number of para-hydroxylation sites is 1. The van der Waals surface area contributed by atoms with Crippen LogP contribution >= 0.6 is 0 Å². The van der Waals surface area contributed by atoms with E-state index in [1.165, 1.54) is 17.0 Å². The van der Waals surface area contributed by atoms with Crippen molar-refractivity contribution in [2.24, 2.45) is 0 Å². The van der Waals surface area contributed by atoms with Gasteiger partial charge in [0.25, 0.3) is 0 Å². The number of amides is 2. The van der Waals surface area contributed by atoms with Crippen molar-refractivity contribution in [1.29, 1.82) is 0 Å². The topological polar surface area (TPSA) is 41.6 Å². The largest absolute Gasteiger partial charge is 0.467 e. The van der Waals surface area contributed by atoms with E-state index in [9.17, 15) is 9.18 Å². The van der Waals surface area contributed by atoms with Gasteiger partial charge in [0.15, 0.2) is 5.72 Å². The van der Waals surface area contributed by atoms with Crippen LogP contribution in [-0.2, 0) is 0 Å². The predicted octanol–water partition coefficient (Wildman–Crippen LogP) is 3.60. The third kappa shape index (κ3) is 1.85. The second-order valence-corrected chi connectivity index (χ2v) is 5.84. The van der Waals surface area contributed by atoms with Gasteiger partial charge in [0.2, 0.25) is 0 Å². The van der Waals surface area contributed by atoms with Gasteiger partial charge in [-0.1, -0.05) is 24.3 Å². The summed E-state index contributed by atoms with van der Waals surface area (Å²) in [5.74, 6) is 0.370. The predicted molar refractivity (Wildman–Crippen MR) is 80.2 cm³/mol. The molecule has 2 atom stereocenters. The average molecular weight is 298 g/mol. The molecule has 0 aliphatic carbocycles. The number of anilines is 1. The molecule has 2 aromatic rings. The van der Waals surface area contributed by atoms with E-state index in [1.807, 2.05) is 31.2 Å². The Morgan fingerprint density at radius 3 is 2.91 bits per heavy atom. The van der Waals surface area contributed by atoms with Gasteiger partial charge < -0.3 is 10.1 Å². The molecule has 1 saturated heterocycles. The number of nitrogens with zero attached hydrogens (tertiary/aromatic N) is 1. The number of benzene rings is 2. The normalized spacial score (nSPS) is 26.0. The molecule has 112 valence electrons. The van der Waals surface area contributed by atoms with Crippen LogP contribution in [0.1, 0.15) is 24.9 Å². The maximum atomic E-state index is 13.5. The van der Waals surface area contributed by atoms with Gasteiger partial charge in [0.1, 0.15) is 11.6 Å². The highest BCUT2D eigenvalue weighted by Crippen LogP contribution is 2.45. The van der Waals surface area contributed by atoms with E-state index in [0.29, 0.717) is 12.1 Å². The summed E-state index contributed by atoms with van der Waals surface area (Å²) in [6, 6.07) is 13.3. The maximum absolute atomic E-state index is 13.5. The first kappa shape index (κ1) is 13.1. The molecule has 1 N–H and O–H groups in total. The summed E-state index contributed by atoms with van der Waals surface area (Å²) in [4.78, 5) is 14.0. The van der Waals surface area contributed by atoms with Crippen molar-refractivity contribution >= 4 is 11.7 Å². The van der Waals surface area contributed by atoms with Gasteiger partial charge in [-0.15, -0.1) is 0 Å². The fourth-order valence-electron chi connectivity index (χ4n) is 3.33. The molecule has 5 heteroatoms. The average Bonchev–Trinajstić information content (AvgIpc) is 2.46. The number of ether oxygens (including phenoxy) is 1. The third-order valence-electron chi connectivity index (χ3n) is 4.25. The zero-order chi connectivity index (χ0) is 15.3. The summed E-state index contributed by atoms with van der Waals surface area (Å²) in [5.41, 5.74) is 0.625. The van der Waals surface area contributed by atoms with Crippen LogP contribution < -0.4 is 15.0 Å². The minimum atomic E-state index is -0.838. The first-order valence-corrected chi connectivity index (χ1v) is 7.21. The summed E-state index contributed by atoms with van der Waals surface area (Å²) in [6.07, 6.45) is 0.603. The van der Waals surface area contributed by atoms with E-state index in [4.69, 9.17) is 4.74 Å². The molecule has 0 saturated carbocycles. The minimum Gasteiger partial charge on any atom is -0.467 e. The number of urea groups is 1. The number of nitrogens with one attached hydrogen (secondary N) is 1. The van der Waals surface area contributed by atoms with Gasteiger partial charge >= 0.3 is 6.03 Å². The minimum absolute atomic E-state index is 0.0905. The highest BCUT2D eigenvalue weighted by atomic mass is 19.1. The Kier molecular flexibility index (Phi) is 2.66. The van der Waals surface area contributed by atoms with Gasteiger partial charge in [-0.25, -0.2) is 9.18 Å². The molecular formula is C17H15FN2O2. The monoisotopic (exact) mass is 298 g/mol. The molecule has 2 aromatic carbocycles. The SMILES string of the molecule is C[C@]12C[C@@H](NC(=O)N1c1cccc(F)c1)c1ccccc1O2. The summed E-state index contributed by atoms with van der Waals surface area (Å²) in [5, 5.41) is 2.98. The number of halogens is 1. The highest BCUT2D eigenvalue weighted by molar-refractivity contribution is 5.94. The summed E-state index contributed by atoms with van der Waals surface area (Å²) < 4.78 is 19.6. The number of fused-ring (bicyclic) bond motifs is 4. The molecule has 0 radical (unpaired) electrons. The third-order valence-corrected chi connectivity index (χ3v) is 4.25. The van der Waals surface area contributed by atoms with Crippen LogP contribution in [0.3, 0.4) is 0 Å². The lowest BCUT2D eigenvalue weighted by atomic mass is 9.90. The standard InChI is InChI=1S/C17H15FN2O2/c1-17-10-14(13-7-2-3-8-15(13)22-17)19-16(21)20(17)12-6-4-5-11(18)9-12/h2-9,14H,10H2,1H3,(H,19,21)/t14-,17+/m1/s1. The Morgan fingerprint density at radius 2 is 2.09 bits per heavy atom. The number of carbonyl (C=O) groups excluding carboxylic acids is 1. The van der Waals surface area contributed by atoms with E-state index < -0.39 is 5.72 Å². The van der Waals surface area contributed by atoms with Crippen LogP contribution in [-0.4, -0.2) is 11.8 Å². The fraction of sp³-hybridized carbons (Fsp3) is 0.235. The Balaban J connectivity index is 1.82. The lowest BCUT2D eigenvalue weighted by Gasteiger charge is -2.50. The molecule has 0 aromatic heterocycles. The van der Waals surface area contributed by atoms with Crippen molar-refractivity contribution in [2.75, 3.05) is 4.90 Å². The first-order valence-electron chi connectivity index (χ1n) is 7.21. The molecule has 0 spiro atoms. The fourth-order valence-corrected chi connectivity index (χ4v) is 3.33. The van der Waals surface area contributed by atoms with Gasteiger partial charge in [0.05, 0.1) is 11.7 Å². The number of rotatable bonds is 1. The first-order chi connectivity index (χ1) is 10.6. The Bertz CT molecular complexity index is 764. The Labute approximate surface area is 127 Å². The highest BCUT2D eigenvalue weighted by Gasteiger charge is 2.49. The van der Waals surface area contributed by atoms with Gasteiger partial charge in [-0.2, -0.15) is 0 Å². The lowest BCUT2D eigenvalue weighted by molar-refractivity contribution is 0.0378. The van der Waals surface area contributed by atoms with Crippen molar-refractivity contribution in [2.45, 2.75) is 25.1 Å². The van der Waals surface area contributed by atoms with E-state index in [2.05, 4.69) is 5.32 Å². The maximum Gasteiger partial charge on any atom is 0.325 e. The molecule has 22 heavy (non-hydrogen) atoms. The van der Waals surface area contributed by atoms with Crippen molar-refractivity contribution in [3.05, 3.63) is 59.9 Å². The van der Waals surface area contributed by atoms with E-state index in [-0.39, 0.29) is 17.9 Å². The summed E-state index contributed by atoms with van der Waals surface area (Å²) in [6.45, 7) is 1.86. The Hall–Kier alpha value is -2.56. The quantitative estimate of drug-likeness (QED) is 0.874. The van der Waals surface area contributed by atoms with E-state index in [0.717, 1.165) is 11.3 Å². The zero-order valence-corrected chi connectivity index (χ0v) is 12.0. The molecule has 4 rings (SSSR count). The Morgan fingerprint density at radius 1 is 1.27 bits per heavy atom. The number of hydrogen-bond acceptors (Lipinski definition) is 2. The van der Waals surface area contributed by atoms with Crippen molar-refractivity contribution in [3.8, 4) is 5.75 Å². The summed E-state index contributed by atoms with van der Waals surface area (Å²) in [7, 11) is 0. The van der Waals surface area contributed by atoms with Crippen molar-refractivity contribution in [3.63, 3.8) is 0 Å². The summed E-state index contributed by atoms with van der Waals surface area (Å²) >= 11 is 0. The number of carbonyl (C=O) groups is 1. The molecule has 2 aliphatic heterocycles. The molecule has 2 bridgehead atoms. The van der Waals surface area contributed by atoms with Crippen LogP contribution in [0.5, 0.6) is 5.75 Å². The van der Waals surface area contributed by atoms with E-state index >= 15 is 0 Å². The molecule has 2 aliphatic rings. The van der Waals surface area contributed by atoms with E-state index in [1.54, 1.807) is 12.1 Å². The molecule has 0 unspecified atom stereocenters. The second kappa shape index (κ2) is 4.47. The van der Waals surface area contributed by atoms with Crippen LogP contribution in [0.15, 0.2) is 48.5 Å². The molecule has 2 heterocycles. The molecule has 1 fully saturated rings. The zero-order valence-electron chi connectivity index (χ0n) is 12.0. The van der Waals surface area contributed by atoms with Crippen LogP contribution in [0.2, 0.25) is 0 Å². The van der Waals surface area contributed by atoms with Crippen LogP contribution in [0, 0.1) is 5.82 Å². The number of hydrogen-bond donors (Lipinski definition) is 1. The molecule has 2 amide bonds. The smallest absolute Gasteiger partial charge is 0.325 e. The van der Waals surface area contributed by atoms with Crippen LogP contribution in [0.4, 0.5) is 14.9 Å². The second-order valence-electron chi connectivity index (χ2n) is 5.84. The van der Waals surface area contributed by atoms with Gasteiger partial charge in [-0.3, -0.25) is 4.90 Å². The van der Waals surface area contributed by atoms with Gasteiger partial charge in [-0.05, 0) is 31.2 Å². The van der Waals surface area contributed by atoms with Crippen molar-refractivity contribution in [1.82, 2.24) is 5.32 Å². The lowest BCUT2D eigenvalue weighted by Crippen LogP contribution is -2.65. The van der Waals surface area contributed by atoms with Gasteiger partial charge in [0, 0.05) is 12.0 Å².